The maximum atomic E-state index is 12.5. The van der Waals surface area contributed by atoms with Crippen molar-refractivity contribution < 1.29 is 9.90 Å². The number of aromatic amines is 1. The Labute approximate surface area is 174 Å². The van der Waals surface area contributed by atoms with E-state index >= 15 is 0 Å². The van der Waals surface area contributed by atoms with Crippen molar-refractivity contribution in [2.75, 3.05) is 5.32 Å². The minimum atomic E-state index is -0.170. The van der Waals surface area contributed by atoms with E-state index in [0.717, 1.165) is 39.0 Å². The number of hydrogen-bond donors (Lipinski definition) is 3. The quantitative estimate of drug-likeness (QED) is 0.460. The van der Waals surface area contributed by atoms with E-state index in [1.165, 1.54) is 0 Å². The summed E-state index contributed by atoms with van der Waals surface area (Å²) < 4.78 is 0. The first kappa shape index (κ1) is 19.7. The lowest BCUT2D eigenvalue weighted by molar-refractivity contribution is -0.115. The second kappa shape index (κ2) is 8.42. The van der Waals surface area contributed by atoms with E-state index in [9.17, 15) is 9.90 Å². The molecule has 2 heterocycles. The SMILES string of the molecule is Cc1cc(CO)c2cccc(Cc3ccccc3NC(=O)Cc3n[nH]c(C)n3)c2n1. The number of pyridine rings is 1. The number of nitrogens with one attached hydrogen (secondary N) is 2. The molecular weight excluding hydrogens is 378 g/mol. The second-order valence-electron chi connectivity index (χ2n) is 7.29. The highest BCUT2D eigenvalue weighted by Crippen LogP contribution is 2.26. The third-order valence-corrected chi connectivity index (χ3v) is 4.94. The Bertz CT molecular complexity index is 1220. The number of aryl methyl sites for hydroxylation is 2. The average Bonchev–Trinajstić information content (AvgIpc) is 3.13. The Morgan fingerprint density at radius 3 is 2.60 bits per heavy atom. The number of aliphatic hydroxyl groups is 1. The summed E-state index contributed by atoms with van der Waals surface area (Å²) in [5.41, 5.74) is 5.38. The molecule has 0 aliphatic carbocycles. The summed E-state index contributed by atoms with van der Waals surface area (Å²) in [5.74, 6) is 0.975. The van der Waals surface area contributed by atoms with Gasteiger partial charge in [0.1, 0.15) is 5.82 Å². The fourth-order valence-electron chi connectivity index (χ4n) is 3.60. The van der Waals surface area contributed by atoms with Gasteiger partial charge in [0.25, 0.3) is 0 Å². The van der Waals surface area contributed by atoms with Crippen LogP contribution in [0.25, 0.3) is 10.9 Å². The van der Waals surface area contributed by atoms with Gasteiger partial charge in [0.2, 0.25) is 5.91 Å². The number of benzene rings is 2. The number of para-hydroxylation sites is 2. The number of hydrogen-bond acceptors (Lipinski definition) is 5. The lowest BCUT2D eigenvalue weighted by atomic mass is 9.98. The number of carbonyl (C=O) groups is 1. The Hall–Kier alpha value is -3.58. The van der Waals surface area contributed by atoms with Crippen LogP contribution in [-0.4, -0.2) is 31.2 Å². The zero-order chi connectivity index (χ0) is 21.1. The van der Waals surface area contributed by atoms with Gasteiger partial charge in [0.15, 0.2) is 5.82 Å². The molecule has 4 aromatic rings. The average molecular weight is 401 g/mol. The number of carbonyl (C=O) groups excluding carboxylic acids is 1. The Kier molecular flexibility index (Phi) is 5.54. The van der Waals surface area contributed by atoms with Crippen LogP contribution in [0.15, 0.2) is 48.5 Å². The zero-order valence-electron chi connectivity index (χ0n) is 16.9. The molecule has 30 heavy (non-hydrogen) atoms. The predicted octanol–water partition coefficient (Wildman–Crippen LogP) is 3.23. The molecule has 0 bridgehead atoms. The minimum Gasteiger partial charge on any atom is -0.392 e. The van der Waals surface area contributed by atoms with Crippen molar-refractivity contribution in [1.29, 1.82) is 0 Å². The van der Waals surface area contributed by atoms with Crippen LogP contribution < -0.4 is 5.32 Å². The first-order valence-electron chi connectivity index (χ1n) is 9.78. The predicted molar refractivity (Wildman–Crippen MR) is 115 cm³/mol. The first-order chi connectivity index (χ1) is 14.5. The van der Waals surface area contributed by atoms with Gasteiger partial charge in [-0.05, 0) is 42.7 Å². The fourth-order valence-corrected chi connectivity index (χ4v) is 3.60. The molecule has 0 aliphatic heterocycles. The fraction of sp³-hybridized carbons (Fsp3) is 0.217. The number of fused-ring (bicyclic) bond motifs is 1. The minimum absolute atomic E-state index is 0.0311. The van der Waals surface area contributed by atoms with E-state index in [4.69, 9.17) is 4.98 Å². The van der Waals surface area contributed by atoms with Crippen LogP contribution >= 0.6 is 0 Å². The summed E-state index contributed by atoms with van der Waals surface area (Å²) in [4.78, 5) is 21.4. The van der Waals surface area contributed by atoms with Crippen molar-refractivity contribution in [2.24, 2.45) is 0 Å². The summed E-state index contributed by atoms with van der Waals surface area (Å²) in [6, 6.07) is 15.6. The number of aromatic nitrogens is 4. The van der Waals surface area contributed by atoms with Crippen LogP contribution in [0.1, 0.15) is 34.0 Å². The molecule has 0 saturated carbocycles. The Morgan fingerprint density at radius 1 is 1.03 bits per heavy atom. The molecule has 3 N–H and O–H groups in total. The molecule has 0 aliphatic rings. The summed E-state index contributed by atoms with van der Waals surface area (Å²) in [6.07, 6.45) is 0.711. The Balaban J connectivity index is 1.62. The van der Waals surface area contributed by atoms with Crippen molar-refractivity contribution in [1.82, 2.24) is 20.2 Å². The monoisotopic (exact) mass is 401 g/mol. The highest BCUT2D eigenvalue weighted by atomic mass is 16.3. The molecule has 4 rings (SSSR count). The van der Waals surface area contributed by atoms with Crippen LogP contribution in [0, 0.1) is 13.8 Å². The number of amides is 1. The molecule has 0 spiro atoms. The maximum Gasteiger partial charge on any atom is 0.232 e. The number of rotatable bonds is 6. The van der Waals surface area contributed by atoms with Crippen LogP contribution in [0.5, 0.6) is 0 Å². The van der Waals surface area contributed by atoms with E-state index in [1.54, 1.807) is 6.92 Å². The molecule has 2 aromatic carbocycles. The molecule has 7 nitrogen and oxygen atoms in total. The lowest BCUT2D eigenvalue weighted by Crippen LogP contribution is -2.16. The molecule has 0 radical (unpaired) electrons. The van der Waals surface area contributed by atoms with Gasteiger partial charge >= 0.3 is 0 Å². The van der Waals surface area contributed by atoms with Gasteiger partial charge in [0.05, 0.1) is 18.5 Å². The number of aliphatic hydroxyl groups excluding tert-OH is 1. The molecule has 0 unspecified atom stereocenters. The van der Waals surface area contributed by atoms with Gasteiger partial charge in [-0.3, -0.25) is 14.9 Å². The summed E-state index contributed by atoms with van der Waals surface area (Å²) in [5, 5.41) is 20.4. The standard InChI is InChI=1S/C23H23N5O2/c1-14-10-18(13-29)19-8-5-7-17(23(19)24-14)11-16-6-3-4-9-20(16)26-22(30)12-21-25-15(2)27-28-21/h3-10,29H,11-13H2,1-2H3,(H,26,30)(H,25,27,28). The van der Waals surface area contributed by atoms with Crippen LogP contribution in [0.2, 0.25) is 0 Å². The van der Waals surface area contributed by atoms with Crippen LogP contribution in [0.3, 0.4) is 0 Å². The van der Waals surface area contributed by atoms with Crippen molar-refractivity contribution in [3.8, 4) is 0 Å². The molecule has 2 aromatic heterocycles. The van der Waals surface area contributed by atoms with Gasteiger partial charge < -0.3 is 10.4 Å². The van der Waals surface area contributed by atoms with E-state index in [0.29, 0.717) is 18.1 Å². The number of H-pyrrole nitrogens is 1. The molecule has 1 amide bonds. The van der Waals surface area contributed by atoms with Gasteiger partial charge in [0, 0.05) is 23.2 Å². The van der Waals surface area contributed by atoms with E-state index < -0.39 is 0 Å². The number of nitrogens with zero attached hydrogens (tertiary/aromatic N) is 3. The van der Waals surface area contributed by atoms with Gasteiger partial charge in [-0.2, -0.15) is 5.10 Å². The summed E-state index contributed by atoms with van der Waals surface area (Å²) in [6.45, 7) is 3.69. The molecule has 0 fully saturated rings. The lowest BCUT2D eigenvalue weighted by Gasteiger charge is -2.13. The van der Waals surface area contributed by atoms with E-state index in [1.807, 2.05) is 55.5 Å². The van der Waals surface area contributed by atoms with E-state index in [2.05, 4.69) is 20.5 Å². The van der Waals surface area contributed by atoms with Gasteiger partial charge in [-0.15, -0.1) is 0 Å². The molecule has 7 heteroatoms. The van der Waals surface area contributed by atoms with Crippen molar-refractivity contribution >= 4 is 22.5 Å². The first-order valence-corrected chi connectivity index (χ1v) is 9.78. The molecule has 152 valence electrons. The molecular formula is C23H23N5O2. The largest absolute Gasteiger partial charge is 0.392 e. The topological polar surface area (TPSA) is 104 Å². The van der Waals surface area contributed by atoms with Crippen LogP contribution in [-0.2, 0) is 24.2 Å². The van der Waals surface area contributed by atoms with E-state index in [-0.39, 0.29) is 18.9 Å². The highest BCUT2D eigenvalue weighted by Gasteiger charge is 2.13. The highest BCUT2D eigenvalue weighted by molar-refractivity contribution is 5.93. The zero-order valence-corrected chi connectivity index (χ0v) is 16.9. The van der Waals surface area contributed by atoms with Gasteiger partial charge in [-0.25, -0.2) is 4.98 Å². The van der Waals surface area contributed by atoms with Crippen molar-refractivity contribution in [3.63, 3.8) is 0 Å². The smallest absolute Gasteiger partial charge is 0.232 e. The van der Waals surface area contributed by atoms with Crippen molar-refractivity contribution in [3.05, 3.63) is 82.6 Å². The van der Waals surface area contributed by atoms with Crippen molar-refractivity contribution in [2.45, 2.75) is 33.3 Å². The van der Waals surface area contributed by atoms with Gasteiger partial charge in [-0.1, -0.05) is 36.4 Å². The molecule has 0 saturated heterocycles. The van der Waals surface area contributed by atoms with Crippen LogP contribution in [0.4, 0.5) is 5.69 Å². The molecule has 0 atom stereocenters. The third kappa shape index (κ3) is 4.21. The second-order valence-corrected chi connectivity index (χ2v) is 7.29. The Morgan fingerprint density at radius 2 is 1.83 bits per heavy atom. The third-order valence-electron chi connectivity index (χ3n) is 4.94. The normalized spacial score (nSPS) is 11.0. The maximum absolute atomic E-state index is 12.5. The number of anilines is 1. The summed E-state index contributed by atoms with van der Waals surface area (Å²) in [7, 11) is 0. The summed E-state index contributed by atoms with van der Waals surface area (Å²) >= 11 is 0.